The Kier molecular flexibility index (Phi) is 5.67. The summed E-state index contributed by atoms with van der Waals surface area (Å²) in [5.41, 5.74) is -0.367. The molecule has 2 rings (SSSR count). The molecule has 128 valence electrons. The highest BCUT2D eigenvalue weighted by Crippen LogP contribution is 2.16. The van der Waals surface area contributed by atoms with E-state index in [9.17, 15) is 24.6 Å². The number of nitrogens with one attached hydrogen (secondary N) is 2. The minimum Gasteiger partial charge on any atom is -0.394 e. The molecule has 24 heavy (non-hydrogen) atoms. The summed E-state index contributed by atoms with van der Waals surface area (Å²) in [4.78, 5) is 37.2. The highest BCUT2D eigenvalue weighted by atomic mass is 16.3. The minimum atomic E-state index is -1.09. The first-order valence-corrected chi connectivity index (χ1v) is 7.36. The number of carbonyl (C=O) groups is 1. The summed E-state index contributed by atoms with van der Waals surface area (Å²) in [7, 11) is 0. The number of aromatic amines is 1. The van der Waals surface area contributed by atoms with Gasteiger partial charge in [-0.2, -0.15) is 0 Å². The molecule has 0 spiro atoms. The number of benzene rings is 1. The number of aryl methyl sites for hydroxylation is 1. The molecular weight excluding hydrogens is 314 g/mol. The summed E-state index contributed by atoms with van der Waals surface area (Å²) in [5.74, 6) is -0.572. The Morgan fingerprint density at radius 3 is 2.58 bits per heavy atom. The van der Waals surface area contributed by atoms with Gasteiger partial charge in [0.1, 0.15) is 12.6 Å². The van der Waals surface area contributed by atoms with Crippen LogP contribution in [0.25, 0.3) is 0 Å². The Balaban J connectivity index is 2.09. The molecule has 0 aliphatic carbocycles. The third kappa shape index (κ3) is 4.18. The van der Waals surface area contributed by atoms with Crippen LogP contribution in [-0.2, 0) is 11.3 Å². The van der Waals surface area contributed by atoms with E-state index in [0.717, 1.165) is 4.57 Å². The van der Waals surface area contributed by atoms with Crippen molar-refractivity contribution >= 4 is 5.91 Å². The molecule has 0 bridgehead atoms. The molecule has 1 aromatic carbocycles. The normalized spacial score (nSPS) is 13.3. The van der Waals surface area contributed by atoms with E-state index in [-0.39, 0.29) is 6.54 Å². The molecule has 8 heteroatoms. The van der Waals surface area contributed by atoms with E-state index in [1.54, 1.807) is 30.3 Å². The van der Waals surface area contributed by atoms with Gasteiger partial charge in [0.05, 0.1) is 12.6 Å². The second-order valence-electron chi connectivity index (χ2n) is 5.41. The number of carbonyl (C=O) groups excluding carboxylic acids is 1. The van der Waals surface area contributed by atoms with Crippen molar-refractivity contribution in [2.24, 2.45) is 0 Å². The monoisotopic (exact) mass is 333 g/mol. The fourth-order valence-corrected chi connectivity index (χ4v) is 2.25. The largest absolute Gasteiger partial charge is 0.394 e. The summed E-state index contributed by atoms with van der Waals surface area (Å²) in [6, 6.07) is 7.69. The Hall–Kier alpha value is -2.71. The Bertz CT molecular complexity index is 812. The smallest absolute Gasteiger partial charge is 0.328 e. The average molecular weight is 333 g/mol. The van der Waals surface area contributed by atoms with Crippen molar-refractivity contribution in [3.8, 4) is 0 Å². The van der Waals surface area contributed by atoms with Crippen molar-refractivity contribution in [2.45, 2.75) is 25.6 Å². The molecule has 2 aromatic rings. The van der Waals surface area contributed by atoms with Gasteiger partial charge in [-0.3, -0.25) is 19.1 Å². The van der Waals surface area contributed by atoms with Gasteiger partial charge in [0, 0.05) is 11.8 Å². The third-order valence-electron chi connectivity index (χ3n) is 3.57. The highest BCUT2D eigenvalue weighted by molar-refractivity contribution is 5.76. The molecule has 1 heterocycles. The first-order chi connectivity index (χ1) is 11.4. The first-order valence-electron chi connectivity index (χ1n) is 7.36. The van der Waals surface area contributed by atoms with E-state index in [2.05, 4.69) is 10.3 Å². The van der Waals surface area contributed by atoms with Crippen molar-refractivity contribution in [2.75, 3.05) is 6.61 Å². The van der Waals surface area contributed by atoms with Gasteiger partial charge in [0.15, 0.2) is 0 Å². The lowest BCUT2D eigenvalue weighted by Gasteiger charge is -2.22. The number of aliphatic hydroxyl groups is 2. The van der Waals surface area contributed by atoms with Crippen LogP contribution in [0.2, 0.25) is 0 Å². The summed E-state index contributed by atoms with van der Waals surface area (Å²) in [5, 5.41) is 22.1. The van der Waals surface area contributed by atoms with Gasteiger partial charge in [-0.1, -0.05) is 30.3 Å². The Morgan fingerprint density at radius 1 is 1.29 bits per heavy atom. The van der Waals surface area contributed by atoms with Crippen LogP contribution in [0.3, 0.4) is 0 Å². The van der Waals surface area contributed by atoms with Crippen molar-refractivity contribution < 1.29 is 15.0 Å². The van der Waals surface area contributed by atoms with Crippen LogP contribution >= 0.6 is 0 Å². The quantitative estimate of drug-likeness (QED) is 0.543. The second-order valence-corrected chi connectivity index (χ2v) is 5.41. The van der Waals surface area contributed by atoms with Gasteiger partial charge in [-0.25, -0.2) is 4.79 Å². The van der Waals surface area contributed by atoms with Crippen molar-refractivity contribution in [1.82, 2.24) is 14.9 Å². The lowest BCUT2D eigenvalue weighted by atomic mass is 10.0. The van der Waals surface area contributed by atoms with Crippen LogP contribution in [0, 0.1) is 6.92 Å². The molecule has 0 aliphatic rings. The van der Waals surface area contributed by atoms with Crippen LogP contribution in [0.4, 0.5) is 0 Å². The molecular formula is C16H19N3O5. The van der Waals surface area contributed by atoms with E-state index in [4.69, 9.17) is 0 Å². The van der Waals surface area contributed by atoms with Gasteiger partial charge >= 0.3 is 5.69 Å². The topological polar surface area (TPSA) is 124 Å². The predicted molar refractivity (Wildman–Crippen MR) is 86.5 cm³/mol. The number of aromatic nitrogens is 2. The summed E-state index contributed by atoms with van der Waals surface area (Å²) in [6.45, 7) is 0.707. The third-order valence-corrected chi connectivity index (χ3v) is 3.57. The molecule has 1 amide bonds. The second kappa shape index (κ2) is 7.71. The number of nitrogens with zero attached hydrogens (tertiary/aromatic N) is 1. The zero-order chi connectivity index (χ0) is 17.7. The van der Waals surface area contributed by atoms with Crippen molar-refractivity contribution in [3.05, 3.63) is 68.5 Å². The highest BCUT2D eigenvalue weighted by Gasteiger charge is 2.22. The average Bonchev–Trinajstić information content (AvgIpc) is 2.57. The maximum atomic E-state index is 12.1. The van der Waals surface area contributed by atoms with E-state index in [1.165, 1.54) is 13.1 Å². The molecule has 0 saturated carbocycles. The van der Waals surface area contributed by atoms with Crippen LogP contribution in [0.1, 0.15) is 17.2 Å². The minimum absolute atomic E-state index is 0.297. The molecule has 2 atom stereocenters. The first kappa shape index (κ1) is 17.6. The van der Waals surface area contributed by atoms with E-state index < -0.39 is 35.9 Å². The lowest BCUT2D eigenvalue weighted by Crippen LogP contribution is -2.45. The van der Waals surface area contributed by atoms with Crippen molar-refractivity contribution in [1.29, 1.82) is 0 Å². The van der Waals surface area contributed by atoms with E-state index >= 15 is 0 Å². The van der Waals surface area contributed by atoms with Crippen LogP contribution in [0.5, 0.6) is 0 Å². The number of hydrogen-bond acceptors (Lipinski definition) is 5. The van der Waals surface area contributed by atoms with Gasteiger partial charge in [-0.15, -0.1) is 0 Å². The predicted octanol–water partition coefficient (Wildman–Crippen LogP) is -0.944. The van der Waals surface area contributed by atoms with Gasteiger partial charge < -0.3 is 15.5 Å². The number of rotatable bonds is 6. The molecule has 0 saturated heterocycles. The molecule has 0 radical (unpaired) electrons. The maximum absolute atomic E-state index is 12.1. The standard InChI is InChI=1S/C16H19N3O5/c1-10-7-19(16(24)18-15(10)23)8-13(21)17-12(9-20)14(22)11-5-3-2-4-6-11/h2-7,12,14,20,22H,8-9H2,1H3,(H,17,21)(H,18,23,24)/t12-,14-/m1/s1. The zero-order valence-electron chi connectivity index (χ0n) is 13.1. The number of amides is 1. The molecule has 0 fully saturated rings. The molecule has 1 aromatic heterocycles. The molecule has 8 nitrogen and oxygen atoms in total. The zero-order valence-corrected chi connectivity index (χ0v) is 13.1. The molecule has 0 aliphatic heterocycles. The number of aliphatic hydroxyl groups excluding tert-OH is 2. The fraction of sp³-hybridized carbons (Fsp3) is 0.312. The summed E-state index contributed by atoms with van der Waals surface area (Å²) < 4.78 is 1.05. The van der Waals surface area contributed by atoms with Crippen LogP contribution in [0.15, 0.2) is 46.1 Å². The maximum Gasteiger partial charge on any atom is 0.328 e. The molecule has 0 unspecified atom stereocenters. The summed E-state index contributed by atoms with van der Waals surface area (Å²) >= 11 is 0. The van der Waals surface area contributed by atoms with Gasteiger partial charge in [0.2, 0.25) is 5.91 Å². The lowest BCUT2D eigenvalue weighted by molar-refractivity contribution is -0.123. The SMILES string of the molecule is Cc1cn(CC(=O)N[C@H](CO)[C@H](O)c2ccccc2)c(=O)[nH]c1=O. The molecule has 4 N–H and O–H groups in total. The van der Waals surface area contributed by atoms with Crippen LogP contribution in [-0.4, -0.2) is 38.3 Å². The summed E-state index contributed by atoms with van der Waals surface area (Å²) in [6.07, 6.45) is 0.191. The van der Waals surface area contributed by atoms with Gasteiger partial charge in [0.25, 0.3) is 5.56 Å². The Morgan fingerprint density at radius 2 is 1.96 bits per heavy atom. The number of H-pyrrole nitrogens is 1. The van der Waals surface area contributed by atoms with Gasteiger partial charge in [-0.05, 0) is 12.5 Å². The van der Waals surface area contributed by atoms with E-state index in [1.807, 2.05) is 0 Å². The van der Waals surface area contributed by atoms with E-state index in [0.29, 0.717) is 11.1 Å². The van der Waals surface area contributed by atoms with Crippen LogP contribution < -0.4 is 16.6 Å². The Labute approximate surface area is 137 Å². The van der Waals surface area contributed by atoms with Crippen molar-refractivity contribution in [3.63, 3.8) is 0 Å². The number of hydrogen-bond donors (Lipinski definition) is 4. The fourth-order valence-electron chi connectivity index (χ4n) is 2.25.